The number of carbonyl (C=O) groups is 1. The Bertz CT molecular complexity index is 1400. The van der Waals surface area contributed by atoms with Gasteiger partial charge in [0, 0.05) is 47.9 Å². The number of hydrogen-bond donors (Lipinski definition) is 1. The molecule has 1 aliphatic heterocycles. The zero-order chi connectivity index (χ0) is 30.7. The first kappa shape index (κ1) is 31.2. The highest BCUT2D eigenvalue weighted by atomic mass is 19.1. The topological polar surface area (TPSA) is 94.0 Å². The van der Waals surface area contributed by atoms with Crippen LogP contribution in [0.3, 0.4) is 0 Å². The van der Waals surface area contributed by atoms with Crippen LogP contribution in [0.5, 0.6) is 11.6 Å². The maximum Gasteiger partial charge on any atom is 0.337 e. The van der Waals surface area contributed by atoms with Gasteiger partial charge in [-0.25, -0.2) is 18.6 Å². The Morgan fingerprint density at radius 3 is 2.29 bits per heavy atom. The van der Waals surface area contributed by atoms with Crippen LogP contribution in [0.25, 0.3) is 11.1 Å². The summed E-state index contributed by atoms with van der Waals surface area (Å²) in [6.07, 6.45) is 3.67. The molecule has 1 aromatic carbocycles. The van der Waals surface area contributed by atoms with Gasteiger partial charge >= 0.3 is 5.97 Å². The molecular formula is C32H39F2N3O5. The maximum atomic E-state index is 15.3. The van der Waals surface area contributed by atoms with Gasteiger partial charge in [0.25, 0.3) is 5.88 Å². The Hall–Kier alpha value is -3.79. The fourth-order valence-corrected chi connectivity index (χ4v) is 4.90. The number of aryl methyl sites for hydroxylation is 1. The lowest BCUT2D eigenvalue weighted by Crippen LogP contribution is -2.39. The van der Waals surface area contributed by atoms with E-state index in [0.29, 0.717) is 46.9 Å². The fraction of sp³-hybridized carbons (Fsp3) is 0.469. The summed E-state index contributed by atoms with van der Waals surface area (Å²) in [5.74, 6) is -1.89. The second-order valence-corrected chi connectivity index (χ2v) is 12.3. The van der Waals surface area contributed by atoms with Gasteiger partial charge in [0.1, 0.15) is 24.8 Å². The van der Waals surface area contributed by atoms with Crippen molar-refractivity contribution >= 4 is 11.7 Å². The van der Waals surface area contributed by atoms with E-state index >= 15 is 4.39 Å². The number of carboxylic acids is 1. The van der Waals surface area contributed by atoms with Crippen molar-refractivity contribution in [1.29, 1.82) is 0 Å². The predicted molar refractivity (Wildman–Crippen MR) is 156 cm³/mol. The van der Waals surface area contributed by atoms with E-state index in [2.05, 4.69) is 28.7 Å². The Morgan fingerprint density at radius 1 is 1.05 bits per heavy atom. The highest BCUT2D eigenvalue weighted by Gasteiger charge is 2.36. The molecule has 10 heteroatoms. The average Bonchev–Trinajstić information content (AvgIpc) is 2.91. The van der Waals surface area contributed by atoms with Crippen LogP contribution in [0.4, 0.5) is 14.5 Å². The molecule has 226 valence electrons. The molecule has 1 N–H and O–H groups in total. The molecule has 1 atom stereocenters. The number of pyridine rings is 2. The number of ether oxygens (including phenoxy) is 3. The van der Waals surface area contributed by atoms with Gasteiger partial charge < -0.3 is 24.2 Å². The fourth-order valence-electron chi connectivity index (χ4n) is 4.90. The van der Waals surface area contributed by atoms with Crippen molar-refractivity contribution in [3.05, 3.63) is 65.6 Å². The molecule has 3 heterocycles. The third-order valence-electron chi connectivity index (χ3n) is 7.20. The molecule has 0 radical (unpaired) electrons. The van der Waals surface area contributed by atoms with Gasteiger partial charge in [-0.05, 0) is 76.3 Å². The molecule has 8 nitrogen and oxygen atoms in total. The third kappa shape index (κ3) is 7.73. The number of anilines is 1. The molecule has 1 fully saturated rings. The van der Waals surface area contributed by atoms with Gasteiger partial charge in [0.05, 0.1) is 11.3 Å². The number of aliphatic carboxylic acids is 1. The Morgan fingerprint density at radius 2 is 1.69 bits per heavy atom. The van der Waals surface area contributed by atoms with Gasteiger partial charge in [0.15, 0.2) is 11.9 Å². The monoisotopic (exact) mass is 583 g/mol. The lowest BCUT2D eigenvalue weighted by molar-refractivity contribution is -0.160. The summed E-state index contributed by atoms with van der Waals surface area (Å²) >= 11 is 0. The van der Waals surface area contributed by atoms with Gasteiger partial charge in [0.2, 0.25) is 0 Å². The van der Waals surface area contributed by atoms with Crippen LogP contribution < -0.4 is 14.4 Å². The first-order chi connectivity index (χ1) is 19.7. The van der Waals surface area contributed by atoms with Crippen LogP contribution >= 0.6 is 0 Å². The zero-order valence-electron chi connectivity index (χ0n) is 25.0. The van der Waals surface area contributed by atoms with Crippen molar-refractivity contribution in [3.63, 3.8) is 0 Å². The molecule has 0 bridgehead atoms. The maximum absolute atomic E-state index is 15.3. The number of carboxylic acid groups (broad SMARTS) is 1. The normalized spacial score (nSPS) is 15.8. The van der Waals surface area contributed by atoms with Crippen molar-refractivity contribution in [2.45, 2.75) is 66.1 Å². The number of piperidine rings is 1. The van der Waals surface area contributed by atoms with E-state index in [1.807, 2.05) is 0 Å². The molecule has 42 heavy (non-hydrogen) atoms. The summed E-state index contributed by atoms with van der Waals surface area (Å²) in [5.41, 5.74) is 2.07. The number of aromatic nitrogens is 2. The predicted octanol–water partition coefficient (Wildman–Crippen LogP) is 6.76. The van der Waals surface area contributed by atoms with Gasteiger partial charge in [-0.1, -0.05) is 13.8 Å². The second kappa shape index (κ2) is 12.6. The highest BCUT2D eigenvalue weighted by molar-refractivity contribution is 5.86. The van der Waals surface area contributed by atoms with E-state index in [4.69, 9.17) is 14.2 Å². The van der Waals surface area contributed by atoms with Crippen molar-refractivity contribution in [2.75, 3.05) is 31.2 Å². The van der Waals surface area contributed by atoms with E-state index in [1.54, 1.807) is 33.9 Å². The van der Waals surface area contributed by atoms with Crippen LogP contribution in [-0.2, 0) is 9.53 Å². The molecule has 3 aromatic rings. The minimum Gasteiger partial charge on any atom is -0.490 e. The number of hydrogen-bond acceptors (Lipinski definition) is 7. The number of halogens is 2. The summed E-state index contributed by atoms with van der Waals surface area (Å²) < 4.78 is 45.4. The lowest BCUT2D eigenvalue weighted by Gasteiger charge is -2.40. The van der Waals surface area contributed by atoms with E-state index < -0.39 is 23.5 Å². The van der Waals surface area contributed by atoms with Gasteiger partial charge in [-0.15, -0.1) is 0 Å². The Labute approximate surface area is 245 Å². The Balaban J connectivity index is 1.66. The first-order valence-corrected chi connectivity index (χ1v) is 14.1. The molecule has 0 unspecified atom stereocenters. The molecule has 1 saturated heterocycles. The summed E-state index contributed by atoms with van der Waals surface area (Å²) in [4.78, 5) is 23.5. The standard InChI is InChI=1S/C32H39F2N3O5/c1-20-26(28(30(38)39)42-31(2,3)4)27(37-13-11-32(5,6)12-14-37)24(19-35-20)21-17-25(34)29(36-18-21)41-16-15-40-23-9-7-22(33)8-10-23/h7-10,17-19,28H,11-16H2,1-6H3,(H,38,39)/t28-/m0/s1. The van der Waals surface area contributed by atoms with Crippen molar-refractivity contribution in [2.24, 2.45) is 5.41 Å². The molecule has 0 saturated carbocycles. The van der Waals surface area contributed by atoms with Crippen LogP contribution in [0.2, 0.25) is 0 Å². The van der Waals surface area contributed by atoms with E-state index in [1.165, 1.54) is 36.5 Å². The lowest BCUT2D eigenvalue weighted by atomic mass is 9.82. The number of benzene rings is 1. The van der Waals surface area contributed by atoms with Gasteiger partial charge in [-0.3, -0.25) is 4.98 Å². The van der Waals surface area contributed by atoms with Crippen molar-refractivity contribution in [3.8, 4) is 22.8 Å². The first-order valence-electron chi connectivity index (χ1n) is 14.1. The van der Waals surface area contributed by atoms with E-state index in [-0.39, 0.29) is 30.3 Å². The molecule has 0 spiro atoms. The van der Waals surface area contributed by atoms with E-state index in [0.717, 1.165) is 12.8 Å². The molecule has 0 amide bonds. The van der Waals surface area contributed by atoms with Crippen LogP contribution in [0.15, 0.2) is 42.7 Å². The van der Waals surface area contributed by atoms with Crippen molar-refractivity contribution in [1.82, 2.24) is 9.97 Å². The van der Waals surface area contributed by atoms with Crippen LogP contribution in [0, 0.1) is 24.0 Å². The number of nitrogens with zero attached hydrogens (tertiary/aromatic N) is 3. The smallest absolute Gasteiger partial charge is 0.337 e. The summed E-state index contributed by atoms with van der Waals surface area (Å²) in [5, 5.41) is 10.3. The average molecular weight is 584 g/mol. The quantitative estimate of drug-likeness (QED) is 0.262. The number of rotatable bonds is 10. The van der Waals surface area contributed by atoms with Crippen molar-refractivity contribution < 1.29 is 32.9 Å². The van der Waals surface area contributed by atoms with Crippen LogP contribution in [-0.4, -0.2) is 52.9 Å². The second-order valence-electron chi connectivity index (χ2n) is 12.3. The van der Waals surface area contributed by atoms with Gasteiger partial charge in [-0.2, -0.15) is 0 Å². The molecule has 1 aliphatic rings. The summed E-state index contributed by atoms with van der Waals surface area (Å²) in [7, 11) is 0. The summed E-state index contributed by atoms with van der Waals surface area (Å²) in [6, 6.07) is 6.88. The minimum atomic E-state index is -1.27. The van der Waals surface area contributed by atoms with Crippen LogP contribution in [0.1, 0.15) is 64.8 Å². The molecule has 2 aromatic heterocycles. The van der Waals surface area contributed by atoms with E-state index in [9.17, 15) is 14.3 Å². The largest absolute Gasteiger partial charge is 0.490 e. The zero-order valence-corrected chi connectivity index (χ0v) is 25.0. The molecule has 4 rings (SSSR count). The third-order valence-corrected chi connectivity index (χ3v) is 7.20. The Kier molecular flexibility index (Phi) is 9.35. The SMILES string of the molecule is Cc1ncc(-c2cnc(OCCOc3ccc(F)cc3)c(F)c2)c(N2CCC(C)(C)CC2)c1[C@H](OC(C)(C)C)C(=O)O. The minimum absolute atomic E-state index is 0.0239. The highest BCUT2D eigenvalue weighted by Crippen LogP contribution is 2.43. The molecule has 0 aliphatic carbocycles. The summed E-state index contributed by atoms with van der Waals surface area (Å²) in [6.45, 7) is 13.2. The molecular weight excluding hydrogens is 544 g/mol.